The van der Waals surface area contributed by atoms with Gasteiger partial charge in [0.15, 0.2) is 6.10 Å². The molecule has 0 saturated carbocycles. The van der Waals surface area contributed by atoms with E-state index in [0.29, 0.717) is 19.3 Å². The van der Waals surface area contributed by atoms with Crippen molar-refractivity contribution in [2.75, 3.05) is 26.4 Å². The van der Waals surface area contributed by atoms with Crippen LogP contribution in [0.1, 0.15) is 174 Å². The summed E-state index contributed by atoms with van der Waals surface area (Å²) in [5, 5.41) is 19.3. The van der Waals surface area contributed by atoms with Crippen LogP contribution in [0.3, 0.4) is 0 Å². The monoisotopic (exact) mass is 921 g/mol. The zero-order valence-electron chi connectivity index (χ0n) is 37.8. The average molecular weight is 921 g/mol. The number of hydrogen-bond acceptors (Lipinski definition) is 11. The molecule has 0 radical (unpaired) electrons. The zero-order chi connectivity index (χ0) is 46.0. The molecule has 1 unspecified atom stereocenters. The van der Waals surface area contributed by atoms with Gasteiger partial charge in [-0.1, -0.05) is 139 Å². The number of unbranched alkanes of at least 4 members (excludes halogenated alkanes) is 14. The molecule has 360 valence electrons. The molecule has 0 saturated heterocycles. The van der Waals surface area contributed by atoms with Crippen LogP contribution in [-0.2, 0) is 41.8 Å². The molecule has 0 aliphatic rings. The molecule has 62 heavy (non-hydrogen) atoms. The van der Waals surface area contributed by atoms with Crippen LogP contribution in [0.2, 0.25) is 0 Å². The van der Waals surface area contributed by atoms with Gasteiger partial charge in [0, 0.05) is 12.8 Å². The number of aliphatic hydroxyl groups excluding tert-OH is 2. The van der Waals surface area contributed by atoms with Crippen molar-refractivity contribution in [3.63, 3.8) is 0 Å². The van der Waals surface area contributed by atoms with E-state index < -0.39 is 66.2 Å². The van der Waals surface area contributed by atoms with Gasteiger partial charge in [0.1, 0.15) is 12.7 Å². The SMILES string of the molecule is CCCCCCCC/C=C\CCCCCCCCCC(=O)O[C@H](COC(=O)CCC/C=C\C/C=C\C/C=C\C/C=C\CC[C@@H](O)CC)COP(=O)(O)OC[C@@H](O)COP(=O)(O)O. The minimum absolute atomic E-state index is 0.103. The molecule has 0 fully saturated rings. The van der Waals surface area contributed by atoms with Crippen molar-refractivity contribution >= 4 is 27.6 Å². The molecule has 16 heteroatoms. The van der Waals surface area contributed by atoms with Gasteiger partial charge >= 0.3 is 27.6 Å². The number of ether oxygens (including phenoxy) is 2. The summed E-state index contributed by atoms with van der Waals surface area (Å²) in [6.07, 6.45) is 41.6. The molecule has 0 heterocycles. The molecule has 0 aromatic heterocycles. The van der Waals surface area contributed by atoms with Crippen LogP contribution in [0.4, 0.5) is 0 Å². The van der Waals surface area contributed by atoms with Crippen molar-refractivity contribution in [2.45, 2.75) is 193 Å². The molecule has 14 nitrogen and oxygen atoms in total. The first-order valence-electron chi connectivity index (χ1n) is 23.1. The number of phosphoric ester groups is 2. The Bertz CT molecular complexity index is 1340. The van der Waals surface area contributed by atoms with Crippen LogP contribution in [0.5, 0.6) is 0 Å². The quantitative estimate of drug-likeness (QED) is 0.0166. The predicted octanol–water partition coefficient (Wildman–Crippen LogP) is 11.0. The standard InChI is InChI=1S/C46H82O14P2/c1-3-5-6-7-8-9-10-11-12-13-14-19-22-25-28-31-34-37-46(50)60-44(41-59-62(54,55)58-39-43(48)38-57-61(51,52)53)40-56-45(49)36-33-30-27-24-21-18-16-15-17-20-23-26-29-32-35-42(47)4-2/h11-12,16-18,20,24,26-27,29,42-44,47-48H,3-10,13-15,19,21-23,25,28,30-41H2,1-2H3,(H,54,55)(H2,51,52,53)/b12-11-,18-16-,20-17-,27-24-,29-26-/t42-,43-,44+/m0/s1. The van der Waals surface area contributed by atoms with Gasteiger partial charge < -0.3 is 34.4 Å². The third kappa shape index (κ3) is 44.4. The maximum Gasteiger partial charge on any atom is 0.472 e. The molecule has 5 N–H and O–H groups in total. The van der Waals surface area contributed by atoms with Gasteiger partial charge in [-0.25, -0.2) is 9.13 Å². The Hall–Kier alpha value is -2.22. The van der Waals surface area contributed by atoms with Crippen LogP contribution in [0.25, 0.3) is 0 Å². The maximum absolute atomic E-state index is 12.7. The molecule has 0 aromatic rings. The van der Waals surface area contributed by atoms with Gasteiger partial charge in [-0.2, -0.15) is 0 Å². The van der Waals surface area contributed by atoms with E-state index in [1.54, 1.807) is 0 Å². The predicted molar refractivity (Wildman–Crippen MR) is 245 cm³/mol. The summed E-state index contributed by atoms with van der Waals surface area (Å²) in [5.74, 6) is -1.12. The molecular weight excluding hydrogens is 838 g/mol. The fourth-order valence-corrected chi connectivity index (χ4v) is 7.00. The van der Waals surface area contributed by atoms with E-state index in [4.69, 9.17) is 23.8 Å². The van der Waals surface area contributed by atoms with E-state index >= 15 is 0 Å². The Morgan fingerprint density at radius 2 is 0.952 bits per heavy atom. The molecule has 0 rings (SSSR count). The van der Waals surface area contributed by atoms with Crippen LogP contribution in [-0.4, -0.2) is 81.6 Å². The molecule has 0 aliphatic heterocycles. The molecule has 0 spiro atoms. The van der Waals surface area contributed by atoms with E-state index in [1.165, 1.54) is 57.8 Å². The maximum atomic E-state index is 12.7. The van der Waals surface area contributed by atoms with Gasteiger partial charge in [-0.05, 0) is 83.5 Å². The Kier molecular flexibility index (Phi) is 40.0. The lowest BCUT2D eigenvalue weighted by Gasteiger charge is -2.20. The molecule has 4 atom stereocenters. The van der Waals surface area contributed by atoms with Crippen molar-refractivity contribution in [2.24, 2.45) is 0 Å². The topological polar surface area (TPSA) is 216 Å². The highest BCUT2D eigenvalue weighted by Gasteiger charge is 2.28. The van der Waals surface area contributed by atoms with E-state index in [1.807, 2.05) is 19.1 Å². The summed E-state index contributed by atoms with van der Waals surface area (Å²) in [7, 11) is -9.71. The second-order valence-corrected chi connectivity index (χ2v) is 18.2. The summed E-state index contributed by atoms with van der Waals surface area (Å²) in [5.41, 5.74) is 0. The van der Waals surface area contributed by atoms with Crippen molar-refractivity contribution in [1.29, 1.82) is 0 Å². The van der Waals surface area contributed by atoms with E-state index in [9.17, 15) is 33.8 Å². The smallest absolute Gasteiger partial charge is 0.462 e. The number of carbonyl (C=O) groups excluding carboxylic acids is 2. The van der Waals surface area contributed by atoms with Crippen LogP contribution in [0.15, 0.2) is 60.8 Å². The van der Waals surface area contributed by atoms with Gasteiger partial charge in [-0.15, -0.1) is 0 Å². The lowest BCUT2D eigenvalue weighted by molar-refractivity contribution is -0.161. The summed E-state index contributed by atoms with van der Waals surface area (Å²) >= 11 is 0. The molecule has 0 aliphatic carbocycles. The Labute approximate surface area is 373 Å². The van der Waals surface area contributed by atoms with Crippen LogP contribution < -0.4 is 0 Å². The summed E-state index contributed by atoms with van der Waals surface area (Å²) < 4.78 is 47.8. The largest absolute Gasteiger partial charge is 0.472 e. The van der Waals surface area contributed by atoms with E-state index in [-0.39, 0.29) is 18.9 Å². The highest BCUT2D eigenvalue weighted by molar-refractivity contribution is 7.47. The van der Waals surface area contributed by atoms with E-state index in [0.717, 1.165) is 70.6 Å². The number of allylic oxidation sites excluding steroid dienone is 10. The van der Waals surface area contributed by atoms with Crippen LogP contribution in [0, 0.1) is 0 Å². The molecule has 0 amide bonds. The van der Waals surface area contributed by atoms with Crippen molar-refractivity contribution < 1.29 is 66.7 Å². The Morgan fingerprint density at radius 3 is 1.52 bits per heavy atom. The second kappa shape index (κ2) is 41.5. The molecule has 0 aromatic carbocycles. The highest BCUT2D eigenvalue weighted by Crippen LogP contribution is 2.43. The first-order valence-corrected chi connectivity index (χ1v) is 26.1. The lowest BCUT2D eigenvalue weighted by atomic mass is 10.1. The number of aliphatic hydroxyl groups is 2. The van der Waals surface area contributed by atoms with Gasteiger partial charge in [0.05, 0.1) is 25.9 Å². The van der Waals surface area contributed by atoms with Gasteiger partial charge in [0.25, 0.3) is 0 Å². The van der Waals surface area contributed by atoms with Gasteiger partial charge in [-0.3, -0.25) is 23.2 Å². The normalized spacial score (nSPS) is 15.0. The third-order valence-electron chi connectivity index (χ3n) is 9.53. The number of rotatable bonds is 43. The number of phosphoric acid groups is 2. The second-order valence-electron chi connectivity index (χ2n) is 15.5. The van der Waals surface area contributed by atoms with Crippen molar-refractivity contribution in [1.82, 2.24) is 0 Å². The first-order chi connectivity index (χ1) is 29.8. The fraction of sp³-hybridized carbons (Fsp3) is 0.739. The first kappa shape index (κ1) is 59.8. The van der Waals surface area contributed by atoms with Gasteiger partial charge in [0.2, 0.25) is 0 Å². The zero-order valence-corrected chi connectivity index (χ0v) is 39.6. The Morgan fingerprint density at radius 1 is 0.500 bits per heavy atom. The van der Waals surface area contributed by atoms with Crippen molar-refractivity contribution in [3.8, 4) is 0 Å². The average Bonchev–Trinajstić information content (AvgIpc) is 3.23. The van der Waals surface area contributed by atoms with Crippen molar-refractivity contribution in [3.05, 3.63) is 60.8 Å². The highest BCUT2D eigenvalue weighted by atomic mass is 31.2. The summed E-state index contributed by atoms with van der Waals surface area (Å²) in [6, 6.07) is 0. The summed E-state index contributed by atoms with van der Waals surface area (Å²) in [6.45, 7) is 1.41. The molecular formula is C46H82O14P2. The number of esters is 2. The minimum Gasteiger partial charge on any atom is -0.462 e. The third-order valence-corrected chi connectivity index (χ3v) is 11.0. The molecule has 0 bridgehead atoms. The van der Waals surface area contributed by atoms with Crippen LogP contribution >= 0.6 is 15.6 Å². The fourth-order valence-electron chi connectivity index (χ4n) is 5.84. The summed E-state index contributed by atoms with van der Waals surface area (Å²) in [4.78, 5) is 52.7. The minimum atomic E-state index is -4.88. The van der Waals surface area contributed by atoms with E-state index in [2.05, 4.69) is 64.6 Å². The number of carbonyl (C=O) groups is 2. The lowest BCUT2D eigenvalue weighted by Crippen LogP contribution is -2.30. The Balaban J connectivity index is 4.59. The number of hydrogen-bond donors (Lipinski definition) is 5.